The fourth-order valence-electron chi connectivity index (χ4n) is 2.61. The van der Waals surface area contributed by atoms with Crippen LogP contribution in [0.1, 0.15) is 23.6 Å². The number of hydrogen-bond donors (Lipinski definition) is 3. The first-order valence-electron chi connectivity index (χ1n) is 7.73. The lowest BCUT2D eigenvalue weighted by Gasteiger charge is -2.23. The van der Waals surface area contributed by atoms with Crippen LogP contribution in [-0.2, 0) is 16.0 Å². The van der Waals surface area contributed by atoms with Crippen LogP contribution >= 0.6 is 0 Å². The molecule has 2 aromatic rings. The SMILES string of the molecule is NC(=O)[C@@H](N[C@@H](CC(=O)O)Cc1cc(F)c(F)cc1F)c1ccccc1. The number of benzene rings is 2. The van der Waals surface area contributed by atoms with Gasteiger partial charge in [0, 0.05) is 12.1 Å². The van der Waals surface area contributed by atoms with Gasteiger partial charge in [-0.05, 0) is 23.6 Å². The van der Waals surface area contributed by atoms with E-state index < -0.39 is 47.8 Å². The Hall–Kier alpha value is -2.87. The summed E-state index contributed by atoms with van der Waals surface area (Å²) in [7, 11) is 0. The first-order valence-corrected chi connectivity index (χ1v) is 7.73. The standard InChI is InChI=1S/C18H17F3N2O3/c19-13-9-15(21)14(20)7-11(13)6-12(8-16(24)25)23-17(18(22)26)10-4-2-1-3-5-10/h1-5,7,9,12,17,23H,6,8H2,(H2,22,26)(H,24,25)/t12-,17+/m1/s1. The van der Waals surface area contributed by atoms with E-state index in [9.17, 15) is 22.8 Å². The van der Waals surface area contributed by atoms with Gasteiger partial charge in [0.15, 0.2) is 11.6 Å². The molecule has 0 heterocycles. The lowest BCUT2D eigenvalue weighted by atomic mass is 9.99. The zero-order chi connectivity index (χ0) is 19.3. The van der Waals surface area contributed by atoms with E-state index in [0.717, 1.165) is 0 Å². The largest absolute Gasteiger partial charge is 0.481 e. The van der Waals surface area contributed by atoms with E-state index in [1.54, 1.807) is 30.3 Å². The molecule has 138 valence electrons. The molecule has 0 aromatic heterocycles. The number of rotatable bonds is 8. The van der Waals surface area contributed by atoms with Gasteiger partial charge in [-0.2, -0.15) is 0 Å². The van der Waals surface area contributed by atoms with Crippen LogP contribution in [0.15, 0.2) is 42.5 Å². The third-order valence-corrected chi connectivity index (χ3v) is 3.80. The van der Waals surface area contributed by atoms with Crippen LogP contribution < -0.4 is 11.1 Å². The summed E-state index contributed by atoms with van der Waals surface area (Å²) in [6, 6.07) is 7.43. The van der Waals surface area contributed by atoms with Crippen molar-refractivity contribution in [3.05, 3.63) is 71.0 Å². The Morgan fingerprint density at radius 1 is 1.04 bits per heavy atom. The fraction of sp³-hybridized carbons (Fsp3) is 0.222. The monoisotopic (exact) mass is 366 g/mol. The maximum atomic E-state index is 13.9. The van der Waals surface area contributed by atoms with Crippen molar-refractivity contribution in [2.45, 2.75) is 24.9 Å². The number of nitrogens with one attached hydrogen (secondary N) is 1. The predicted octanol–water partition coefficient (Wildman–Crippen LogP) is 2.31. The van der Waals surface area contributed by atoms with Gasteiger partial charge < -0.3 is 10.8 Å². The minimum absolute atomic E-state index is 0.209. The van der Waals surface area contributed by atoms with E-state index in [1.165, 1.54) is 0 Å². The normalized spacial score (nSPS) is 13.2. The maximum absolute atomic E-state index is 13.9. The second-order valence-corrected chi connectivity index (χ2v) is 5.77. The first kappa shape index (κ1) is 19.5. The minimum atomic E-state index is -1.34. The molecule has 0 aliphatic carbocycles. The molecular weight excluding hydrogens is 349 g/mol. The third kappa shape index (κ3) is 5.06. The molecule has 2 rings (SSSR count). The second-order valence-electron chi connectivity index (χ2n) is 5.77. The molecule has 0 saturated carbocycles. The lowest BCUT2D eigenvalue weighted by Crippen LogP contribution is -2.42. The summed E-state index contributed by atoms with van der Waals surface area (Å²) >= 11 is 0. The van der Waals surface area contributed by atoms with Gasteiger partial charge >= 0.3 is 5.97 Å². The number of hydrogen-bond acceptors (Lipinski definition) is 3. The molecule has 0 radical (unpaired) electrons. The molecule has 2 aromatic carbocycles. The highest BCUT2D eigenvalue weighted by Crippen LogP contribution is 2.19. The van der Waals surface area contributed by atoms with Crippen molar-refractivity contribution in [2.24, 2.45) is 5.73 Å². The van der Waals surface area contributed by atoms with Crippen LogP contribution in [-0.4, -0.2) is 23.0 Å². The van der Waals surface area contributed by atoms with Crippen LogP contribution in [0.25, 0.3) is 0 Å². The van der Waals surface area contributed by atoms with Crippen LogP contribution in [0.2, 0.25) is 0 Å². The van der Waals surface area contributed by atoms with E-state index in [4.69, 9.17) is 10.8 Å². The summed E-state index contributed by atoms with van der Waals surface area (Å²) < 4.78 is 40.3. The number of nitrogens with two attached hydrogens (primary N) is 1. The number of halogens is 3. The molecule has 0 saturated heterocycles. The highest BCUT2D eigenvalue weighted by atomic mass is 19.2. The van der Waals surface area contributed by atoms with Crippen LogP contribution in [0.4, 0.5) is 13.2 Å². The van der Waals surface area contributed by atoms with Crippen LogP contribution in [0, 0.1) is 17.5 Å². The molecule has 1 amide bonds. The molecule has 26 heavy (non-hydrogen) atoms. The van der Waals surface area contributed by atoms with Gasteiger partial charge in [0.05, 0.1) is 6.42 Å². The van der Waals surface area contributed by atoms with E-state index in [1.807, 2.05) is 0 Å². The summed E-state index contributed by atoms with van der Waals surface area (Å²) in [6.07, 6.45) is -0.749. The number of amides is 1. The Bertz CT molecular complexity index is 800. The zero-order valence-electron chi connectivity index (χ0n) is 13.6. The Kier molecular flexibility index (Phi) is 6.35. The van der Waals surface area contributed by atoms with Gasteiger partial charge in [-0.1, -0.05) is 30.3 Å². The number of primary amides is 1. The Balaban J connectivity index is 2.28. The van der Waals surface area contributed by atoms with E-state index in [2.05, 4.69) is 5.32 Å². The zero-order valence-corrected chi connectivity index (χ0v) is 13.6. The van der Waals surface area contributed by atoms with Gasteiger partial charge in [-0.15, -0.1) is 0 Å². The number of carboxylic acids is 1. The van der Waals surface area contributed by atoms with Gasteiger partial charge in [0.1, 0.15) is 11.9 Å². The lowest BCUT2D eigenvalue weighted by molar-refractivity contribution is -0.138. The number of aliphatic carboxylic acids is 1. The molecule has 8 heteroatoms. The highest BCUT2D eigenvalue weighted by Gasteiger charge is 2.25. The van der Waals surface area contributed by atoms with Crippen molar-refractivity contribution in [1.29, 1.82) is 0 Å². The minimum Gasteiger partial charge on any atom is -0.481 e. The molecule has 0 unspecified atom stereocenters. The molecule has 5 nitrogen and oxygen atoms in total. The number of carboxylic acid groups (broad SMARTS) is 1. The van der Waals surface area contributed by atoms with E-state index in [-0.39, 0.29) is 12.0 Å². The van der Waals surface area contributed by atoms with Gasteiger partial charge in [0.2, 0.25) is 5.91 Å². The molecule has 0 aliphatic rings. The molecule has 0 spiro atoms. The Morgan fingerprint density at radius 3 is 2.23 bits per heavy atom. The summed E-state index contributed by atoms with van der Waals surface area (Å²) in [5, 5.41) is 11.8. The highest BCUT2D eigenvalue weighted by molar-refractivity contribution is 5.81. The van der Waals surface area contributed by atoms with E-state index in [0.29, 0.717) is 17.7 Å². The summed E-state index contributed by atoms with van der Waals surface area (Å²) in [5.74, 6) is -5.55. The van der Waals surface area contributed by atoms with Gasteiger partial charge in [0.25, 0.3) is 0 Å². The molecule has 0 aliphatic heterocycles. The van der Waals surface area contributed by atoms with Crippen molar-refractivity contribution < 1.29 is 27.9 Å². The quantitative estimate of drug-likeness (QED) is 0.625. The maximum Gasteiger partial charge on any atom is 0.304 e. The molecule has 2 atom stereocenters. The van der Waals surface area contributed by atoms with Crippen molar-refractivity contribution >= 4 is 11.9 Å². The number of carbonyl (C=O) groups is 2. The van der Waals surface area contributed by atoms with Crippen LogP contribution in [0.5, 0.6) is 0 Å². The van der Waals surface area contributed by atoms with Gasteiger partial charge in [-0.25, -0.2) is 13.2 Å². The van der Waals surface area contributed by atoms with Gasteiger partial charge in [-0.3, -0.25) is 14.9 Å². The van der Waals surface area contributed by atoms with Crippen LogP contribution in [0.3, 0.4) is 0 Å². The van der Waals surface area contributed by atoms with Crippen molar-refractivity contribution in [2.75, 3.05) is 0 Å². The Labute approximate surface area is 147 Å². The topological polar surface area (TPSA) is 92.4 Å². The Morgan fingerprint density at radius 2 is 1.65 bits per heavy atom. The summed E-state index contributed by atoms with van der Waals surface area (Å²) in [4.78, 5) is 22.9. The average molecular weight is 366 g/mol. The molecule has 0 fully saturated rings. The van der Waals surface area contributed by atoms with Crippen molar-refractivity contribution in [3.8, 4) is 0 Å². The summed E-state index contributed by atoms with van der Waals surface area (Å²) in [6.45, 7) is 0. The first-order chi connectivity index (χ1) is 12.3. The van der Waals surface area contributed by atoms with E-state index >= 15 is 0 Å². The van der Waals surface area contributed by atoms with Crippen molar-refractivity contribution in [3.63, 3.8) is 0 Å². The second kappa shape index (κ2) is 8.48. The average Bonchev–Trinajstić information content (AvgIpc) is 2.57. The predicted molar refractivity (Wildman–Crippen MR) is 87.6 cm³/mol. The molecule has 0 bridgehead atoms. The fourth-order valence-corrected chi connectivity index (χ4v) is 2.61. The smallest absolute Gasteiger partial charge is 0.304 e. The summed E-state index contributed by atoms with van der Waals surface area (Å²) in [5.41, 5.74) is 5.67. The third-order valence-electron chi connectivity index (χ3n) is 3.80. The molecule has 4 N–H and O–H groups in total. The number of carbonyl (C=O) groups excluding carboxylic acids is 1. The molecular formula is C18H17F3N2O3. The van der Waals surface area contributed by atoms with Crippen molar-refractivity contribution in [1.82, 2.24) is 5.32 Å².